The van der Waals surface area contributed by atoms with Crippen molar-refractivity contribution in [2.45, 2.75) is 17.8 Å². The first-order valence-corrected chi connectivity index (χ1v) is 11.0. The molecule has 0 aliphatic heterocycles. The quantitative estimate of drug-likeness (QED) is 0.235. The van der Waals surface area contributed by atoms with Gasteiger partial charge in [0.2, 0.25) is 5.76 Å². The van der Waals surface area contributed by atoms with Crippen LogP contribution in [0.1, 0.15) is 23.0 Å². The normalized spacial score (nSPS) is 11.3. The Kier molecular flexibility index (Phi) is 5.24. The second kappa shape index (κ2) is 8.35. The highest BCUT2D eigenvalue weighted by Crippen LogP contribution is 2.31. The first-order valence-electron chi connectivity index (χ1n) is 9.99. The molecule has 160 valence electrons. The fourth-order valence-electron chi connectivity index (χ4n) is 3.47. The number of esters is 1. The van der Waals surface area contributed by atoms with Crippen molar-refractivity contribution in [3.8, 4) is 5.69 Å². The summed E-state index contributed by atoms with van der Waals surface area (Å²) in [4.78, 5) is 32.5. The first kappa shape index (κ1) is 20.1. The number of hydrogen-bond donors (Lipinski definition) is 1. The van der Waals surface area contributed by atoms with Crippen LogP contribution in [0.2, 0.25) is 0 Å². The first-order chi connectivity index (χ1) is 15.7. The maximum absolute atomic E-state index is 12.6. The van der Waals surface area contributed by atoms with Gasteiger partial charge >= 0.3 is 5.97 Å². The summed E-state index contributed by atoms with van der Waals surface area (Å²) in [5, 5.41) is 5.96. The second-order valence-corrected chi connectivity index (χ2v) is 7.88. The van der Waals surface area contributed by atoms with Gasteiger partial charge in [0, 0.05) is 16.7 Å². The summed E-state index contributed by atoms with van der Waals surface area (Å²) in [6, 6.07) is 16.9. The van der Waals surface area contributed by atoms with E-state index in [-0.39, 0.29) is 17.9 Å². The number of furan rings is 1. The highest BCUT2D eigenvalue weighted by molar-refractivity contribution is 7.98. The molecule has 2 aromatic carbocycles. The number of fused-ring (bicyclic) bond motifs is 2. The molecule has 3 aromatic heterocycles. The number of para-hydroxylation sites is 2. The molecule has 0 bridgehead atoms. The van der Waals surface area contributed by atoms with Crippen LogP contribution in [0, 0.1) is 0 Å². The molecule has 5 aromatic rings. The van der Waals surface area contributed by atoms with Crippen LogP contribution >= 0.6 is 11.8 Å². The number of aromatic nitrogens is 4. The van der Waals surface area contributed by atoms with Gasteiger partial charge in [-0.15, -0.1) is 0 Å². The summed E-state index contributed by atoms with van der Waals surface area (Å²) in [6.45, 7) is 1.99. The van der Waals surface area contributed by atoms with Crippen LogP contribution in [-0.4, -0.2) is 32.3 Å². The molecule has 0 fully saturated rings. The largest absolute Gasteiger partial charge is 0.460 e. The van der Waals surface area contributed by atoms with E-state index in [2.05, 4.69) is 15.1 Å². The Bertz CT molecular complexity index is 1490. The van der Waals surface area contributed by atoms with Crippen molar-refractivity contribution in [2.75, 3.05) is 6.61 Å². The lowest BCUT2D eigenvalue weighted by molar-refractivity contribution is 0.0491. The Morgan fingerprint density at radius 3 is 2.72 bits per heavy atom. The van der Waals surface area contributed by atoms with E-state index in [9.17, 15) is 9.59 Å². The molecule has 32 heavy (non-hydrogen) atoms. The van der Waals surface area contributed by atoms with Gasteiger partial charge in [0.15, 0.2) is 10.8 Å². The van der Waals surface area contributed by atoms with Crippen molar-refractivity contribution >= 4 is 39.7 Å². The Morgan fingerprint density at radius 2 is 1.91 bits per heavy atom. The topological polar surface area (TPSA) is 103 Å². The van der Waals surface area contributed by atoms with E-state index >= 15 is 0 Å². The fourth-order valence-corrected chi connectivity index (χ4v) is 4.35. The van der Waals surface area contributed by atoms with E-state index in [4.69, 9.17) is 9.15 Å². The van der Waals surface area contributed by atoms with Gasteiger partial charge in [-0.1, -0.05) is 48.2 Å². The zero-order valence-electron chi connectivity index (χ0n) is 17.1. The molecule has 0 radical (unpaired) electrons. The minimum absolute atomic E-state index is 0.165. The van der Waals surface area contributed by atoms with Crippen molar-refractivity contribution < 1.29 is 13.9 Å². The smallest absolute Gasteiger partial charge is 0.374 e. The summed E-state index contributed by atoms with van der Waals surface area (Å²) in [6.07, 6.45) is 1.51. The predicted octanol–water partition coefficient (Wildman–Crippen LogP) is 4.32. The standard InChI is InChI=1S/C23H18N4O4S/c1-2-30-22(29)19-17(15-10-6-7-11-18(15)31-19)13-32-23-25-20-16(21(28)26-23)12-24-27(20)14-8-4-3-5-9-14/h3-12H,2,13H2,1H3,(H,25,26,28). The molecule has 3 heterocycles. The maximum atomic E-state index is 12.6. The van der Waals surface area contributed by atoms with Gasteiger partial charge in [-0.2, -0.15) is 5.10 Å². The molecule has 0 saturated carbocycles. The summed E-state index contributed by atoms with van der Waals surface area (Å²) in [5.74, 6) is 0.00989. The number of carbonyl (C=O) groups excluding carboxylic acids is 1. The molecular weight excluding hydrogens is 428 g/mol. The number of H-pyrrole nitrogens is 1. The summed E-state index contributed by atoms with van der Waals surface area (Å²) in [7, 11) is 0. The van der Waals surface area contributed by atoms with E-state index < -0.39 is 5.97 Å². The van der Waals surface area contributed by atoms with Gasteiger partial charge in [0.05, 0.1) is 18.5 Å². The van der Waals surface area contributed by atoms with E-state index in [1.807, 2.05) is 48.5 Å². The Labute approximate surface area is 186 Å². The van der Waals surface area contributed by atoms with Gasteiger partial charge < -0.3 is 14.1 Å². The van der Waals surface area contributed by atoms with Crippen LogP contribution in [-0.2, 0) is 10.5 Å². The van der Waals surface area contributed by atoms with Crippen LogP contribution < -0.4 is 5.56 Å². The molecule has 8 nitrogen and oxygen atoms in total. The lowest BCUT2D eigenvalue weighted by Gasteiger charge is -2.05. The van der Waals surface area contributed by atoms with Crippen LogP contribution in [0.15, 0.2) is 75.2 Å². The van der Waals surface area contributed by atoms with Crippen LogP contribution in [0.25, 0.3) is 27.7 Å². The Hall–Kier alpha value is -3.85. The number of nitrogens with zero attached hydrogens (tertiary/aromatic N) is 3. The molecule has 0 amide bonds. The number of hydrogen-bond acceptors (Lipinski definition) is 7. The average molecular weight is 446 g/mol. The van der Waals surface area contributed by atoms with Crippen molar-refractivity contribution in [1.82, 2.24) is 19.7 Å². The van der Waals surface area contributed by atoms with Crippen molar-refractivity contribution in [2.24, 2.45) is 0 Å². The molecule has 0 saturated heterocycles. The van der Waals surface area contributed by atoms with Gasteiger partial charge in [0.1, 0.15) is 11.0 Å². The van der Waals surface area contributed by atoms with Crippen LogP contribution in [0.3, 0.4) is 0 Å². The highest BCUT2D eigenvalue weighted by Gasteiger charge is 2.22. The summed E-state index contributed by atoms with van der Waals surface area (Å²) in [5.41, 5.74) is 2.29. The number of thioether (sulfide) groups is 1. The van der Waals surface area contributed by atoms with Crippen molar-refractivity contribution in [1.29, 1.82) is 0 Å². The second-order valence-electron chi connectivity index (χ2n) is 6.92. The lowest BCUT2D eigenvalue weighted by Crippen LogP contribution is -2.10. The predicted molar refractivity (Wildman–Crippen MR) is 121 cm³/mol. The number of carbonyl (C=O) groups is 1. The number of rotatable bonds is 6. The summed E-state index contributed by atoms with van der Waals surface area (Å²) < 4.78 is 12.6. The minimum Gasteiger partial charge on any atom is -0.460 e. The molecule has 1 N–H and O–H groups in total. The zero-order valence-corrected chi connectivity index (χ0v) is 17.9. The molecule has 9 heteroatoms. The Balaban J connectivity index is 1.52. The van der Waals surface area contributed by atoms with E-state index in [1.54, 1.807) is 17.7 Å². The van der Waals surface area contributed by atoms with E-state index in [1.165, 1.54) is 18.0 Å². The number of benzene rings is 2. The van der Waals surface area contributed by atoms with Crippen molar-refractivity contribution in [3.05, 3.63) is 82.5 Å². The maximum Gasteiger partial charge on any atom is 0.374 e. The third kappa shape index (κ3) is 3.56. The third-order valence-electron chi connectivity index (χ3n) is 4.93. The minimum atomic E-state index is -0.515. The molecule has 0 spiro atoms. The Morgan fingerprint density at radius 1 is 1.12 bits per heavy atom. The van der Waals surface area contributed by atoms with Crippen LogP contribution in [0.4, 0.5) is 0 Å². The number of ether oxygens (including phenoxy) is 1. The average Bonchev–Trinajstić information content (AvgIpc) is 3.40. The van der Waals surface area contributed by atoms with Gasteiger partial charge in [-0.3, -0.25) is 4.79 Å². The number of aromatic amines is 1. The third-order valence-corrected chi connectivity index (χ3v) is 5.83. The summed E-state index contributed by atoms with van der Waals surface area (Å²) >= 11 is 1.30. The molecule has 5 rings (SSSR count). The number of nitrogens with one attached hydrogen (secondary N) is 1. The zero-order chi connectivity index (χ0) is 22.1. The van der Waals surface area contributed by atoms with Gasteiger partial charge in [0.25, 0.3) is 5.56 Å². The SMILES string of the molecule is CCOC(=O)c1oc2ccccc2c1CSc1nc2c(cnn2-c2ccccc2)c(=O)[nH]1. The monoisotopic (exact) mass is 446 g/mol. The van der Waals surface area contributed by atoms with Gasteiger partial charge in [-0.05, 0) is 25.1 Å². The molecule has 0 aliphatic rings. The van der Waals surface area contributed by atoms with E-state index in [0.29, 0.717) is 33.1 Å². The van der Waals surface area contributed by atoms with Gasteiger partial charge in [-0.25, -0.2) is 14.5 Å². The molecule has 0 atom stereocenters. The molecule has 0 unspecified atom stereocenters. The molecule has 0 aliphatic carbocycles. The molecular formula is C23H18N4O4S. The van der Waals surface area contributed by atoms with Crippen molar-refractivity contribution in [3.63, 3.8) is 0 Å². The fraction of sp³-hybridized carbons (Fsp3) is 0.130. The van der Waals surface area contributed by atoms with Crippen LogP contribution in [0.5, 0.6) is 0 Å². The lowest BCUT2D eigenvalue weighted by atomic mass is 10.1. The highest BCUT2D eigenvalue weighted by atomic mass is 32.2. The van der Waals surface area contributed by atoms with E-state index in [0.717, 1.165) is 11.1 Å².